The lowest BCUT2D eigenvalue weighted by molar-refractivity contribution is 0.318. The number of nitrogens with zero attached hydrogens (tertiary/aromatic N) is 1. The first-order chi connectivity index (χ1) is 5.95. The molecule has 0 spiro atoms. The van der Waals surface area contributed by atoms with Crippen LogP contribution in [-0.2, 0) is 0 Å². The zero-order valence-electron chi connectivity index (χ0n) is 7.63. The second kappa shape index (κ2) is 4.06. The first-order valence-corrected chi connectivity index (χ1v) is 5.03. The highest BCUT2D eigenvalue weighted by Crippen LogP contribution is 2.13. The van der Waals surface area contributed by atoms with Crippen LogP contribution in [0.4, 0.5) is 0 Å². The van der Waals surface area contributed by atoms with E-state index in [9.17, 15) is 0 Å². The van der Waals surface area contributed by atoms with E-state index in [2.05, 4.69) is 22.4 Å². The van der Waals surface area contributed by atoms with E-state index in [0.29, 0.717) is 0 Å². The van der Waals surface area contributed by atoms with Crippen LogP contribution >= 0.6 is 0 Å². The van der Waals surface area contributed by atoms with Gasteiger partial charge in [-0.25, -0.2) is 0 Å². The topological polar surface area (TPSA) is 15.3 Å². The second-order valence-corrected chi connectivity index (χ2v) is 3.88. The molecule has 1 unspecified atom stereocenters. The van der Waals surface area contributed by atoms with Crippen molar-refractivity contribution in [2.45, 2.75) is 12.8 Å². The number of rotatable bonds is 3. The first-order valence-electron chi connectivity index (χ1n) is 5.03. The molecule has 2 heterocycles. The van der Waals surface area contributed by atoms with Gasteiger partial charge in [0.1, 0.15) is 0 Å². The number of hydrogen-bond donors (Lipinski definition) is 1. The van der Waals surface area contributed by atoms with Crippen molar-refractivity contribution in [3.05, 3.63) is 12.2 Å². The lowest BCUT2D eigenvalue weighted by Crippen LogP contribution is -2.23. The fraction of sp³-hybridized carbons (Fsp3) is 0.800. The standard InChI is InChI=1S/C10H18N2/c1-2-7-12(6-1)8-4-10-3-5-11-9-10/h1-2,10-11H,3-9H2. The molecule has 0 radical (unpaired) electrons. The lowest BCUT2D eigenvalue weighted by atomic mass is 10.1. The van der Waals surface area contributed by atoms with Gasteiger partial charge in [0.25, 0.3) is 0 Å². The summed E-state index contributed by atoms with van der Waals surface area (Å²) < 4.78 is 0. The van der Waals surface area contributed by atoms with E-state index in [0.717, 1.165) is 5.92 Å². The zero-order valence-corrected chi connectivity index (χ0v) is 7.63. The van der Waals surface area contributed by atoms with Gasteiger partial charge < -0.3 is 5.32 Å². The minimum atomic E-state index is 0.950. The summed E-state index contributed by atoms with van der Waals surface area (Å²) in [6, 6.07) is 0. The molecule has 0 saturated carbocycles. The molecule has 0 aliphatic carbocycles. The average molecular weight is 166 g/mol. The summed E-state index contributed by atoms with van der Waals surface area (Å²) in [5, 5.41) is 3.41. The van der Waals surface area contributed by atoms with Crippen LogP contribution in [-0.4, -0.2) is 37.6 Å². The van der Waals surface area contributed by atoms with Crippen molar-refractivity contribution in [1.82, 2.24) is 10.2 Å². The average Bonchev–Trinajstić information content (AvgIpc) is 2.74. The predicted octanol–water partition coefficient (Wildman–Crippen LogP) is 0.858. The number of nitrogens with one attached hydrogen (secondary N) is 1. The highest BCUT2D eigenvalue weighted by atomic mass is 15.1. The fourth-order valence-electron chi connectivity index (χ4n) is 2.03. The SMILES string of the molecule is C1=CCN(CCC2CCNC2)C1. The summed E-state index contributed by atoms with van der Waals surface area (Å²) in [7, 11) is 0. The Morgan fingerprint density at radius 1 is 1.33 bits per heavy atom. The molecule has 12 heavy (non-hydrogen) atoms. The monoisotopic (exact) mass is 166 g/mol. The summed E-state index contributed by atoms with van der Waals surface area (Å²) in [6.07, 6.45) is 7.32. The van der Waals surface area contributed by atoms with Gasteiger partial charge >= 0.3 is 0 Å². The van der Waals surface area contributed by atoms with Gasteiger partial charge in [0.2, 0.25) is 0 Å². The molecular weight excluding hydrogens is 148 g/mol. The van der Waals surface area contributed by atoms with Crippen LogP contribution in [0.1, 0.15) is 12.8 Å². The molecule has 0 aromatic rings. The molecule has 2 nitrogen and oxygen atoms in total. The van der Waals surface area contributed by atoms with Gasteiger partial charge in [-0.05, 0) is 38.4 Å². The molecule has 0 aromatic carbocycles. The van der Waals surface area contributed by atoms with Crippen molar-refractivity contribution >= 4 is 0 Å². The maximum atomic E-state index is 3.41. The van der Waals surface area contributed by atoms with E-state index in [1.165, 1.54) is 45.6 Å². The summed E-state index contributed by atoms with van der Waals surface area (Å²) >= 11 is 0. The van der Waals surface area contributed by atoms with E-state index in [4.69, 9.17) is 0 Å². The Morgan fingerprint density at radius 3 is 2.83 bits per heavy atom. The maximum absolute atomic E-state index is 3.41. The van der Waals surface area contributed by atoms with Crippen molar-refractivity contribution in [2.24, 2.45) is 5.92 Å². The highest BCUT2D eigenvalue weighted by Gasteiger charge is 2.15. The Morgan fingerprint density at radius 2 is 2.17 bits per heavy atom. The third kappa shape index (κ3) is 2.08. The summed E-state index contributed by atoms with van der Waals surface area (Å²) in [6.45, 7) is 6.14. The van der Waals surface area contributed by atoms with Crippen molar-refractivity contribution < 1.29 is 0 Å². The summed E-state index contributed by atoms with van der Waals surface area (Å²) in [5.41, 5.74) is 0. The molecule has 0 amide bonds. The molecule has 2 aliphatic rings. The fourth-order valence-corrected chi connectivity index (χ4v) is 2.03. The molecule has 1 atom stereocenters. The second-order valence-electron chi connectivity index (χ2n) is 3.88. The van der Waals surface area contributed by atoms with E-state index >= 15 is 0 Å². The normalized spacial score (nSPS) is 30.2. The van der Waals surface area contributed by atoms with Crippen molar-refractivity contribution in [2.75, 3.05) is 32.7 Å². The van der Waals surface area contributed by atoms with E-state index in [1.54, 1.807) is 0 Å². The smallest absolute Gasteiger partial charge is 0.0166 e. The van der Waals surface area contributed by atoms with Gasteiger partial charge in [-0.15, -0.1) is 0 Å². The van der Waals surface area contributed by atoms with E-state index in [-0.39, 0.29) is 0 Å². The number of hydrogen-bond acceptors (Lipinski definition) is 2. The molecule has 1 fully saturated rings. The molecule has 1 N–H and O–H groups in total. The molecule has 1 saturated heterocycles. The zero-order chi connectivity index (χ0) is 8.23. The van der Waals surface area contributed by atoms with Gasteiger partial charge in [0.05, 0.1) is 0 Å². The predicted molar refractivity (Wildman–Crippen MR) is 51.2 cm³/mol. The van der Waals surface area contributed by atoms with Crippen LogP contribution in [0.3, 0.4) is 0 Å². The molecule has 2 heteroatoms. The molecule has 2 rings (SSSR count). The Kier molecular flexibility index (Phi) is 2.79. The molecule has 0 aromatic heterocycles. The third-order valence-corrected chi connectivity index (χ3v) is 2.91. The summed E-state index contributed by atoms with van der Waals surface area (Å²) in [5.74, 6) is 0.950. The third-order valence-electron chi connectivity index (χ3n) is 2.91. The highest BCUT2D eigenvalue weighted by molar-refractivity contribution is 4.95. The van der Waals surface area contributed by atoms with Gasteiger partial charge in [-0.1, -0.05) is 12.2 Å². The largest absolute Gasteiger partial charge is 0.316 e. The Balaban J connectivity index is 1.61. The Hall–Kier alpha value is -0.340. The molecule has 2 aliphatic heterocycles. The van der Waals surface area contributed by atoms with E-state index < -0.39 is 0 Å². The first kappa shape index (κ1) is 8.27. The summed E-state index contributed by atoms with van der Waals surface area (Å²) in [4.78, 5) is 2.51. The van der Waals surface area contributed by atoms with Crippen LogP contribution in [0.5, 0.6) is 0 Å². The van der Waals surface area contributed by atoms with Crippen LogP contribution in [0.15, 0.2) is 12.2 Å². The quantitative estimate of drug-likeness (QED) is 0.626. The lowest BCUT2D eigenvalue weighted by Gasteiger charge is -2.16. The van der Waals surface area contributed by atoms with Gasteiger partial charge in [-0.3, -0.25) is 4.90 Å². The Labute approximate surface area is 74.6 Å². The van der Waals surface area contributed by atoms with Crippen LogP contribution in [0, 0.1) is 5.92 Å². The van der Waals surface area contributed by atoms with Gasteiger partial charge in [0.15, 0.2) is 0 Å². The minimum Gasteiger partial charge on any atom is -0.316 e. The van der Waals surface area contributed by atoms with Crippen LogP contribution in [0.25, 0.3) is 0 Å². The van der Waals surface area contributed by atoms with Gasteiger partial charge in [-0.2, -0.15) is 0 Å². The van der Waals surface area contributed by atoms with E-state index in [1.807, 2.05) is 0 Å². The molecular formula is C10H18N2. The van der Waals surface area contributed by atoms with Crippen molar-refractivity contribution in [3.63, 3.8) is 0 Å². The van der Waals surface area contributed by atoms with Crippen LogP contribution in [0.2, 0.25) is 0 Å². The van der Waals surface area contributed by atoms with Crippen molar-refractivity contribution in [1.29, 1.82) is 0 Å². The maximum Gasteiger partial charge on any atom is 0.0166 e. The molecule has 68 valence electrons. The van der Waals surface area contributed by atoms with Crippen LogP contribution < -0.4 is 5.32 Å². The van der Waals surface area contributed by atoms with Crippen molar-refractivity contribution in [3.8, 4) is 0 Å². The molecule has 0 bridgehead atoms. The minimum absolute atomic E-state index is 0.950. The van der Waals surface area contributed by atoms with Gasteiger partial charge in [0, 0.05) is 13.1 Å². The Bertz CT molecular complexity index is 149.